The fourth-order valence-corrected chi connectivity index (χ4v) is 5.94. The number of rotatable bonds is 10. The molecular weight excluding hydrogens is 600 g/mol. The summed E-state index contributed by atoms with van der Waals surface area (Å²) in [5.74, 6) is -1.66. The van der Waals surface area contributed by atoms with E-state index in [4.69, 9.17) is 18.9 Å². The van der Waals surface area contributed by atoms with E-state index in [2.05, 4.69) is 10.6 Å². The van der Waals surface area contributed by atoms with Gasteiger partial charge in [0.1, 0.15) is 41.8 Å². The predicted molar refractivity (Wildman–Crippen MR) is 164 cm³/mol. The first-order chi connectivity index (χ1) is 22.1. The topological polar surface area (TPSA) is 193 Å². The maximum Gasteiger partial charge on any atom is 0.342 e. The van der Waals surface area contributed by atoms with Gasteiger partial charge >= 0.3 is 5.97 Å². The molecule has 0 spiro atoms. The van der Waals surface area contributed by atoms with Crippen LogP contribution in [0.3, 0.4) is 0 Å². The molecule has 0 saturated carbocycles. The molecule has 9 unspecified atom stereocenters. The standard InChI is InChI=1S/C33H44N2O11/c1-3-4-5-6-12-27(39)34-13-8-10-21-15-23-17-24(45-33-29(35-19(2)37)31(41)30(40)26(18-36)46-33)16-22(43-23)14-20-9-7-11-25(38)28(20)32(42)44-21/h4-9,11-13,21-24,26,29-31,33,36,38,40-41H,3,10,14-18H2,1-2H3,(H,34,39)(H,35,37)/b5-4-,12-6-,13-8+. The van der Waals surface area contributed by atoms with Crippen molar-refractivity contribution in [2.24, 2.45) is 0 Å². The minimum Gasteiger partial charge on any atom is -0.507 e. The smallest absolute Gasteiger partial charge is 0.342 e. The van der Waals surface area contributed by atoms with E-state index in [0.717, 1.165) is 6.42 Å². The molecule has 1 aromatic carbocycles. The second kappa shape index (κ2) is 16.8. The van der Waals surface area contributed by atoms with E-state index in [1.807, 2.05) is 13.0 Å². The highest BCUT2D eigenvalue weighted by Crippen LogP contribution is 2.34. The Hall–Kier alpha value is -3.59. The molecule has 3 heterocycles. The number of aromatic hydroxyl groups is 1. The summed E-state index contributed by atoms with van der Waals surface area (Å²) in [6, 6.07) is 3.66. The van der Waals surface area contributed by atoms with Crippen LogP contribution in [0.15, 0.2) is 54.8 Å². The lowest BCUT2D eigenvalue weighted by molar-refractivity contribution is -0.291. The van der Waals surface area contributed by atoms with Crippen LogP contribution in [0.25, 0.3) is 0 Å². The van der Waals surface area contributed by atoms with E-state index in [9.17, 15) is 34.8 Å². The number of amides is 2. The van der Waals surface area contributed by atoms with Crippen molar-refractivity contribution < 1.29 is 53.8 Å². The number of hydrogen-bond donors (Lipinski definition) is 6. The van der Waals surface area contributed by atoms with E-state index in [0.29, 0.717) is 18.4 Å². The Balaban J connectivity index is 1.53. The van der Waals surface area contributed by atoms with Gasteiger partial charge in [-0.25, -0.2) is 4.79 Å². The van der Waals surface area contributed by atoms with E-state index in [1.54, 1.807) is 30.4 Å². The Morgan fingerprint density at radius 3 is 2.59 bits per heavy atom. The van der Waals surface area contributed by atoms with E-state index in [1.165, 1.54) is 25.3 Å². The van der Waals surface area contributed by atoms with Gasteiger partial charge in [-0.2, -0.15) is 0 Å². The molecule has 6 N–H and O–H groups in total. The molecule has 13 heteroatoms. The van der Waals surface area contributed by atoms with Crippen LogP contribution in [0.5, 0.6) is 5.75 Å². The molecule has 4 rings (SSSR count). The fourth-order valence-electron chi connectivity index (χ4n) is 5.94. The van der Waals surface area contributed by atoms with Crippen LogP contribution in [0.2, 0.25) is 0 Å². The lowest BCUT2D eigenvalue weighted by atomic mass is 9.90. The number of esters is 1. The molecule has 2 saturated heterocycles. The Kier molecular flexibility index (Phi) is 12.9. The van der Waals surface area contributed by atoms with E-state index < -0.39 is 73.5 Å². The zero-order chi connectivity index (χ0) is 33.2. The number of cyclic esters (lactones) is 1. The van der Waals surface area contributed by atoms with Crippen LogP contribution in [-0.2, 0) is 35.0 Å². The molecule has 2 amide bonds. The van der Waals surface area contributed by atoms with Gasteiger partial charge in [0.15, 0.2) is 6.29 Å². The van der Waals surface area contributed by atoms with Crippen molar-refractivity contribution in [3.63, 3.8) is 0 Å². The van der Waals surface area contributed by atoms with Crippen molar-refractivity contribution in [1.82, 2.24) is 10.6 Å². The number of benzene rings is 1. The average Bonchev–Trinajstić information content (AvgIpc) is 3.00. The molecule has 0 aliphatic carbocycles. The van der Waals surface area contributed by atoms with Gasteiger partial charge in [0, 0.05) is 44.9 Å². The third-order valence-corrected chi connectivity index (χ3v) is 8.07. The average molecular weight is 645 g/mol. The maximum absolute atomic E-state index is 13.3. The molecular formula is C33H44N2O11. The number of carbonyl (C=O) groups is 3. The number of hydrogen-bond acceptors (Lipinski definition) is 11. The van der Waals surface area contributed by atoms with Gasteiger partial charge in [0.2, 0.25) is 11.8 Å². The van der Waals surface area contributed by atoms with Crippen molar-refractivity contribution in [3.05, 3.63) is 65.9 Å². The molecule has 0 radical (unpaired) electrons. The van der Waals surface area contributed by atoms with Gasteiger partial charge in [-0.1, -0.05) is 43.4 Å². The highest BCUT2D eigenvalue weighted by Gasteiger charge is 2.47. The minimum absolute atomic E-state index is 0.0457. The summed E-state index contributed by atoms with van der Waals surface area (Å²) in [5.41, 5.74) is 0.579. The highest BCUT2D eigenvalue weighted by molar-refractivity contribution is 5.94. The number of allylic oxidation sites excluding steroid dienone is 3. The number of aliphatic hydroxyl groups is 3. The first-order valence-electron chi connectivity index (χ1n) is 15.6. The third kappa shape index (κ3) is 9.47. The van der Waals surface area contributed by atoms with Crippen LogP contribution < -0.4 is 10.6 Å². The molecule has 3 aliphatic rings. The zero-order valence-electron chi connectivity index (χ0n) is 26.0. The molecule has 1 aromatic rings. The monoisotopic (exact) mass is 644 g/mol. The molecule has 3 aliphatic heterocycles. The summed E-state index contributed by atoms with van der Waals surface area (Å²) in [7, 11) is 0. The van der Waals surface area contributed by atoms with Gasteiger partial charge in [0.25, 0.3) is 0 Å². The highest BCUT2D eigenvalue weighted by atomic mass is 16.7. The normalized spacial score (nSPS) is 31.8. The van der Waals surface area contributed by atoms with Crippen LogP contribution in [0, 0.1) is 0 Å². The van der Waals surface area contributed by atoms with Gasteiger partial charge in [0.05, 0.1) is 24.9 Å². The molecule has 0 aromatic heterocycles. The third-order valence-electron chi connectivity index (χ3n) is 8.07. The largest absolute Gasteiger partial charge is 0.507 e. The van der Waals surface area contributed by atoms with Crippen molar-refractivity contribution in [2.75, 3.05) is 6.61 Å². The lowest BCUT2D eigenvalue weighted by Gasteiger charge is -2.45. The Labute approximate surface area is 267 Å². The summed E-state index contributed by atoms with van der Waals surface area (Å²) in [6.07, 6.45) is 4.94. The number of phenolic OH excluding ortho intramolecular Hbond substituents is 1. The summed E-state index contributed by atoms with van der Waals surface area (Å²) in [4.78, 5) is 37.3. The summed E-state index contributed by atoms with van der Waals surface area (Å²) >= 11 is 0. The minimum atomic E-state index is -1.45. The van der Waals surface area contributed by atoms with Gasteiger partial charge in [-0.15, -0.1) is 0 Å². The number of phenols is 1. The summed E-state index contributed by atoms with van der Waals surface area (Å²) in [6.45, 7) is 2.69. The van der Waals surface area contributed by atoms with Crippen LogP contribution in [0.1, 0.15) is 61.9 Å². The van der Waals surface area contributed by atoms with Gasteiger partial charge in [-0.05, 0) is 24.5 Å². The quantitative estimate of drug-likeness (QED) is 0.122. The molecule has 13 nitrogen and oxygen atoms in total. The predicted octanol–water partition coefficient (Wildman–Crippen LogP) is 1.28. The van der Waals surface area contributed by atoms with Crippen LogP contribution >= 0.6 is 0 Å². The number of fused-ring (bicyclic) bond motifs is 3. The lowest BCUT2D eigenvalue weighted by Crippen LogP contribution is -2.65. The Morgan fingerprint density at radius 1 is 1.07 bits per heavy atom. The number of ether oxygens (including phenoxy) is 4. The van der Waals surface area contributed by atoms with Crippen molar-refractivity contribution in [2.45, 2.75) is 107 Å². The Bertz CT molecular complexity index is 1300. The molecule has 46 heavy (non-hydrogen) atoms. The summed E-state index contributed by atoms with van der Waals surface area (Å²) in [5, 5.41) is 46.7. The first-order valence-corrected chi connectivity index (χ1v) is 15.6. The first kappa shape index (κ1) is 35.3. The molecule has 9 atom stereocenters. The fraction of sp³-hybridized carbons (Fsp3) is 0.545. The van der Waals surface area contributed by atoms with E-state index in [-0.39, 0.29) is 36.5 Å². The van der Waals surface area contributed by atoms with Crippen LogP contribution in [-0.4, -0.2) is 99.9 Å². The SMILES string of the molecule is CC/C=C\C=C/C(=O)N/C=C/CC1CC2CC(OC3OC(CO)C(O)C(O)C3NC(C)=O)CC(Cc3cccc(O)c3C(=O)O1)O2. The number of nitrogens with one attached hydrogen (secondary N) is 2. The van der Waals surface area contributed by atoms with Crippen molar-refractivity contribution in [1.29, 1.82) is 0 Å². The maximum atomic E-state index is 13.3. The van der Waals surface area contributed by atoms with Gasteiger partial charge in [-0.3, -0.25) is 9.59 Å². The summed E-state index contributed by atoms with van der Waals surface area (Å²) < 4.78 is 24.4. The molecule has 2 fully saturated rings. The second-order valence-electron chi connectivity index (χ2n) is 11.7. The number of aliphatic hydroxyl groups excluding tert-OH is 3. The zero-order valence-corrected chi connectivity index (χ0v) is 26.0. The molecule has 2 bridgehead atoms. The molecule has 252 valence electrons. The van der Waals surface area contributed by atoms with Gasteiger partial charge < -0.3 is 50.0 Å². The Morgan fingerprint density at radius 2 is 1.85 bits per heavy atom. The van der Waals surface area contributed by atoms with Crippen LogP contribution in [0.4, 0.5) is 0 Å². The second-order valence-corrected chi connectivity index (χ2v) is 11.7. The van der Waals surface area contributed by atoms with Crippen molar-refractivity contribution in [3.8, 4) is 5.75 Å². The number of carbonyl (C=O) groups excluding carboxylic acids is 3. The van der Waals surface area contributed by atoms with Crippen molar-refractivity contribution >= 4 is 17.8 Å². The van der Waals surface area contributed by atoms with E-state index >= 15 is 0 Å².